The number of aromatic nitrogens is 1. The minimum Gasteiger partial charge on any atom is -0.478 e. The first kappa shape index (κ1) is 13.9. The van der Waals surface area contributed by atoms with Crippen LogP contribution in [0.2, 0.25) is 0 Å². The summed E-state index contributed by atoms with van der Waals surface area (Å²) >= 11 is 0. The van der Waals surface area contributed by atoms with Crippen LogP contribution in [0.5, 0.6) is 0 Å². The number of para-hydroxylation sites is 1. The normalized spacial score (nSPS) is 10.6. The van der Waals surface area contributed by atoms with Crippen LogP contribution in [0.1, 0.15) is 21.6 Å². The van der Waals surface area contributed by atoms with Crippen molar-refractivity contribution in [1.29, 1.82) is 0 Å². The third kappa shape index (κ3) is 2.09. The summed E-state index contributed by atoms with van der Waals surface area (Å²) < 4.78 is 28.3. The highest BCUT2D eigenvalue weighted by Gasteiger charge is 2.20. The van der Waals surface area contributed by atoms with Gasteiger partial charge >= 0.3 is 5.97 Å². The van der Waals surface area contributed by atoms with Crippen molar-refractivity contribution in [1.82, 2.24) is 4.57 Å². The summed E-state index contributed by atoms with van der Waals surface area (Å²) in [4.78, 5) is 23.2. The molecule has 0 radical (unpaired) electrons. The summed E-state index contributed by atoms with van der Waals surface area (Å²) in [5.74, 6) is -3.13. The van der Waals surface area contributed by atoms with Crippen LogP contribution in [0.25, 0.3) is 5.69 Å². The standard InChI is InChI=1S/C14H11F2NO3/c1-7-6-11(18)17(8(2)12(7)14(19)20)13-9(15)4-3-5-10(13)16/h3-6H,1-2H3,(H,19,20). The van der Waals surface area contributed by atoms with Gasteiger partial charge in [-0.15, -0.1) is 0 Å². The van der Waals surface area contributed by atoms with E-state index in [0.29, 0.717) is 0 Å². The molecule has 0 unspecified atom stereocenters. The van der Waals surface area contributed by atoms with Gasteiger partial charge in [0.2, 0.25) is 0 Å². The molecular weight excluding hydrogens is 268 g/mol. The molecule has 2 rings (SSSR count). The molecule has 0 fully saturated rings. The van der Waals surface area contributed by atoms with Crippen molar-refractivity contribution < 1.29 is 18.7 Å². The molecule has 4 nitrogen and oxygen atoms in total. The fraction of sp³-hybridized carbons (Fsp3) is 0.143. The lowest BCUT2D eigenvalue weighted by molar-refractivity contribution is 0.0694. The molecule has 1 aromatic carbocycles. The third-order valence-corrected chi connectivity index (χ3v) is 3.03. The zero-order valence-corrected chi connectivity index (χ0v) is 10.8. The van der Waals surface area contributed by atoms with Gasteiger partial charge in [0.15, 0.2) is 0 Å². The molecule has 1 heterocycles. The molecule has 0 saturated carbocycles. The van der Waals surface area contributed by atoms with Crippen LogP contribution in [0.3, 0.4) is 0 Å². The predicted octanol–water partition coefficient (Wildman–Crippen LogP) is 2.43. The lowest BCUT2D eigenvalue weighted by atomic mass is 10.1. The van der Waals surface area contributed by atoms with Gasteiger partial charge < -0.3 is 5.11 Å². The summed E-state index contributed by atoms with van der Waals surface area (Å²) in [6.07, 6.45) is 0. The SMILES string of the molecule is Cc1cc(=O)n(-c2c(F)cccc2F)c(C)c1C(=O)O. The van der Waals surface area contributed by atoms with Gasteiger partial charge in [-0.05, 0) is 31.5 Å². The van der Waals surface area contributed by atoms with Gasteiger partial charge in [-0.2, -0.15) is 0 Å². The molecule has 20 heavy (non-hydrogen) atoms. The number of benzene rings is 1. The van der Waals surface area contributed by atoms with E-state index >= 15 is 0 Å². The molecule has 0 aliphatic heterocycles. The number of hydrogen-bond acceptors (Lipinski definition) is 2. The molecule has 104 valence electrons. The maximum atomic E-state index is 13.8. The molecule has 1 N–H and O–H groups in total. The van der Waals surface area contributed by atoms with Gasteiger partial charge in [0.05, 0.1) is 5.56 Å². The van der Waals surface area contributed by atoms with Gasteiger partial charge in [0, 0.05) is 11.8 Å². The average molecular weight is 279 g/mol. The number of pyridine rings is 1. The van der Waals surface area contributed by atoms with E-state index in [2.05, 4.69) is 0 Å². The molecule has 2 aromatic rings. The van der Waals surface area contributed by atoms with Gasteiger partial charge in [-0.3, -0.25) is 9.36 Å². The Morgan fingerprint density at radius 3 is 2.25 bits per heavy atom. The van der Waals surface area contributed by atoms with E-state index in [1.165, 1.54) is 19.9 Å². The van der Waals surface area contributed by atoms with Crippen LogP contribution < -0.4 is 5.56 Å². The fourth-order valence-electron chi connectivity index (χ4n) is 2.19. The Labute approximate surface area is 112 Å². The first-order valence-corrected chi connectivity index (χ1v) is 5.75. The second kappa shape index (κ2) is 4.88. The number of rotatable bonds is 2. The second-order valence-electron chi connectivity index (χ2n) is 4.34. The zero-order valence-electron chi connectivity index (χ0n) is 10.8. The first-order chi connectivity index (χ1) is 9.34. The lowest BCUT2D eigenvalue weighted by Gasteiger charge is -2.15. The van der Waals surface area contributed by atoms with E-state index < -0.39 is 28.9 Å². The number of halogens is 2. The summed E-state index contributed by atoms with van der Waals surface area (Å²) in [7, 11) is 0. The lowest BCUT2D eigenvalue weighted by Crippen LogP contribution is -2.25. The van der Waals surface area contributed by atoms with Crippen molar-refractivity contribution in [3.8, 4) is 5.69 Å². The number of hydrogen-bond donors (Lipinski definition) is 1. The highest BCUT2D eigenvalue weighted by atomic mass is 19.1. The van der Waals surface area contributed by atoms with Crippen molar-refractivity contribution >= 4 is 5.97 Å². The highest BCUT2D eigenvalue weighted by molar-refractivity contribution is 5.90. The van der Waals surface area contributed by atoms with E-state index in [-0.39, 0.29) is 16.8 Å². The first-order valence-electron chi connectivity index (χ1n) is 5.75. The minimum atomic E-state index is -1.26. The number of carboxylic acids is 1. The highest BCUT2D eigenvalue weighted by Crippen LogP contribution is 2.20. The van der Waals surface area contributed by atoms with Crippen LogP contribution in [0.15, 0.2) is 29.1 Å². The van der Waals surface area contributed by atoms with Crippen LogP contribution in [-0.2, 0) is 0 Å². The Hall–Kier alpha value is -2.50. The van der Waals surface area contributed by atoms with Gasteiger partial charge in [-0.1, -0.05) is 6.07 Å². The number of aromatic carboxylic acids is 1. The second-order valence-corrected chi connectivity index (χ2v) is 4.34. The van der Waals surface area contributed by atoms with Crippen molar-refractivity contribution in [2.75, 3.05) is 0 Å². The Morgan fingerprint density at radius 1 is 1.20 bits per heavy atom. The number of carboxylic acid groups (broad SMARTS) is 1. The average Bonchev–Trinajstić information content (AvgIpc) is 2.31. The fourth-order valence-corrected chi connectivity index (χ4v) is 2.19. The topological polar surface area (TPSA) is 59.3 Å². The van der Waals surface area contributed by atoms with E-state index in [0.717, 1.165) is 22.8 Å². The number of aryl methyl sites for hydroxylation is 1. The molecular formula is C14H11F2NO3. The van der Waals surface area contributed by atoms with Gasteiger partial charge in [0.1, 0.15) is 17.3 Å². The van der Waals surface area contributed by atoms with E-state index in [1.54, 1.807) is 0 Å². The zero-order chi connectivity index (χ0) is 15.0. The summed E-state index contributed by atoms with van der Waals surface area (Å²) in [6.45, 7) is 2.80. The van der Waals surface area contributed by atoms with E-state index in [1.807, 2.05) is 0 Å². The van der Waals surface area contributed by atoms with Crippen LogP contribution in [0, 0.1) is 25.5 Å². The van der Waals surface area contributed by atoms with Crippen molar-refractivity contribution in [3.63, 3.8) is 0 Å². The van der Waals surface area contributed by atoms with E-state index in [4.69, 9.17) is 5.11 Å². The molecule has 1 aromatic heterocycles. The number of carbonyl (C=O) groups is 1. The summed E-state index contributed by atoms with van der Waals surface area (Å²) in [5, 5.41) is 9.14. The Balaban J connectivity index is 2.92. The largest absolute Gasteiger partial charge is 0.478 e. The maximum Gasteiger partial charge on any atom is 0.337 e. The molecule has 0 bridgehead atoms. The Morgan fingerprint density at radius 2 is 1.75 bits per heavy atom. The van der Waals surface area contributed by atoms with Gasteiger partial charge in [-0.25, -0.2) is 13.6 Å². The quantitative estimate of drug-likeness (QED) is 0.918. The van der Waals surface area contributed by atoms with Crippen LogP contribution in [-0.4, -0.2) is 15.6 Å². The van der Waals surface area contributed by atoms with Crippen molar-refractivity contribution in [3.05, 3.63) is 63.1 Å². The summed E-state index contributed by atoms with van der Waals surface area (Å²) in [5.41, 5.74) is -1.18. The Bertz CT molecular complexity index is 745. The minimum absolute atomic E-state index is 0.0218. The molecule has 0 saturated heterocycles. The molecule has 0 aliphatic rings. The Kier molecular flexibility index (Phi) is 3.40. The molecule has 0 atom stereocenters. The molecule has 6 heteroatoms. The summed E-state index contributed by atoms with van der Waals surface area (Å²) in [6, 6.07) is 4.22. The van der Waals surface area contributed by atoms with Gasteiger partial charge in [0.25, 0.3) is 5.56 Å². The van der Waals surface area contributed by atoms with Crippen molar-refractivity contribution in [2.45, 2.75) is 13.8 Å². The smallest absolute Gasteiger partial charge is 0.337 e. The maximum absolute atomic E-state index is 13.8. The molecule has 0 amide bonds. The number of nitrogens with zero attached hydrogens (tertiary/aromatic N) is 1. The predicted molar refractivity (Wildman–Crippen MR) is 68.4 cm³/mol. The van der Waals surface area contributed by atoms with Crippen LogP contribution in [0.4, 0.5) is 8.78 Å². The molecule has 0 spiro atoms. The third-order valence-electron chi connectivity index (χ3n) is 3.03. The van der Waals surface area contributed by atoms with Crippen LogP contribution >= 0.6 is 0 Å². The molecule has 0 aliphatic carbocycles. The monoisotopic (exact) mass is 279 g/mol. The van der Waals surface area contributed by atoms with Crippen molar-refractivity contribution in [2.24, 2.45) is 0 Å². The van der Waals surface area contributed by atoms with E-state index in [9.17, 15) is 18.4 Å².